The molecule has 0 rings (SSSR count). The Morgan fingerprint density at radius 3 is 2.50 bits per heavy atom. The van der Waals surface area contributed by atoms with Crippen molar-refractivity contribution < 1.29 is 15.1 Å². The van der Waals surface area contributed by atoms with Crippen LogP contribution in [0.25, 0.3) is 0 Å². The molecule has 0 bridgehead atoms. The Kier molecular flexibility index (Phi) is 7.33. The van der Waals surface area contributed by atoms with Crippen molar-refractivity contribution >= 4 is 12.2 Å². The van der Waals surface area contributed by atoms with Gasteiger partial charge in [0.15, 0.2) is 0 Å². The maximum Gasteiger partial charge on any atom is 0.303 e. The molecule has 0 atom stereocenters. The van der Waals surface area contributed by atoms with E-state index in [1.165, 1.54) is 6.21 Å². The van der Waals surface area contributed by atoms with E-state index in [9.17, 15) is 4.79 Å². The monoisotopic (exact) mass is 173 g/mol. The number of hydrogen-bond acceptors (Lipinski definition) is 3. The molecule has 0 radical (unpaired) electrons. The fourth-order valence-corrected chi connectivity index (χ4v) is 0.923. The molecule has 4 nitrogen and oxygen atoms in total. The van der Waals surface area contributed by atoms with Crippen LogP contribution in [-0.2, 0) is 4.79 Å². The lowest BCUT2D eigenvalue weighted by molar-refractivity contribution is -0.137. The molecule has 0 spiro atoms. The molecule has 0 aromatic rings. The van der Waals surface area contributed by atoms with Gasteiger partial charge in [-0.05, 0) is 19.3 Å². The summed E-state index contributed by atoms with van der Waals surface area (Å²) in [6.07, 6.45) is 6.12. The maximum absolute atomic E-state index is 10.1. The van der Waals surface area contributed by atoms with E-state index in [4.69, 9.17) is 10.3 Å². The number of carboxylic acids is 1. The Labute approximate surface area is 71.9 Å². The van der Waals surface area contributed by atoms with Crippen LogP contribution in [0, 0.1) is 0 Å². The van der Waals surface area contributed by atoms with Crippen LogP contribution in [0.1, 0.15) is 38.5 Å². The summed E-state index contributed by atoms with van der Waals surface area (Å²) in [4.78, 5) is 10.1. The standard InChI is InChI=1S/C8H15NO3/c10-8(11)6-4-2-1-3-5-7-9-12/h7,12H,1-6H2,(H,10,11)/b9-7-. The topological polar surface area (TPSA) is 69.9 Å². The molecule has 0 saturated carbocycles. The van der Waals surface area contributed by atoms with Gasteiger partial charge in [-0.2, -0.15) is 0 Å². The van der Waals surface area contributed by atoms with E-state index in [-0.39, 0.29) is 6.42 Å². The summed E-state index contributed by atoms with van der Waals surface area (Å²) in [7, 11) is 0. The first-order chi connectivity index (χ1) is 5.77. The summed E-state index contributed by atoms with van der Waals surface area (Å²) in [6.45, 7) is 0. The van der Waals surface area contributed by atoms with Gasteiger partial charge in [-0.1, -0.05) is 12.8 Å². The molecule has 70 valence electrons. The van der Waals surface area contributed by atoms with Crippen LogP contribution in [0.2, 0.25) is 0 Å². The predicted octanol–water partition coefficient (Wildman–Crippen LogP) is 1.87. The molecule has 0 aromatic carbocycles. The number of oxime groups is 1. The number of nitrogens with zero attached hydrogens (tertiary/aromatic N) is 1. The number of aliphatic carboxylic acids is 1. The second kappa shape index (κ2) is 8.04. The fourth-order valence-electron chi connectivity index (χ4n) is 0.923. The first kappa shape index (κ1) is 10.9. The van der Waals surface area contributed by atoms with Gasteiger partial charge in [-0.25, -0.2) is 0 Å². The zero-order valence-electron chi connectivity index (χ0n) is 7.07. The maximum atomic E-state index is 10.1. The first-order valence-corrected chi connectivity index (χ1v) is 4.15. The zero-order valence-corrected chi connectivity index (χ0v) is 7.07. The Bertz CT molecular complexity index is 145. The van der Waals surface area contributed by atoms with Gasteiger partial charge in [0, 0.05) is 12.6 Å². The van der Waals surface area contributed by atoms with Crippen molar-refractivity contribution in [3.63, 3.8) is 0 Å². The zero-order chi connectivity index (χ0) is 9.23. The molecule has 12 heavy (non-hydrogen) atoms. The van der Waals surface area contributed by atoms with Crippen LogP contribution in [0.15, 0.2) is 5.16 Å². The van der Waals surface area contributed by atoms with Gasteiger partial charge in [0.25, 0.3) is 0 Å². The molecule has 0 fully saturated rings. The highest BCUT2D eigenvalue weighted by Crippen LogP contribution is 2.04. The Hall–Kier alpha value is -1.06. The number of hydrogen-bond donors (Lipinski definition) is 2. The van der Waals surface area contributed by atoms with E-state index in [2.05, 4.69) is 5.16 Å². The van der Waals surface area contributed by atoms with E-state index in [1.54, 1.807) is 0 Å². The molecule has 0 aromatic heterocycles. The minimum Gasteiger partial charge on any atom is -0.481 e. The van der Waals surface area contributed by atoms with Crippen molar-refractivity contribution in [3.8, 4) is 0 Å². The summed E-state index contributed by atoms with van der Waals surface area (Å²) in [6, 6.07) is 0. The van der Waals surface area contributed by atoms with Gasteiger partial charge in [-0.3, -0.25) is 4.79 Å². The quantitative estimate of drug-likeness (QED) is 0.267. The SMILES string of the molecule is O=C(O)CCCCCC/C=N\O. The third-order valence-corrected chi connectivity index (χ3v) is 1.56. The molecule has 0 aliphatic carbocycles. The molecule has 0 unspecified atom stereocenters. The molecule has 0 amide bonds. The first-order valence-electron chi connectivity index (χ1n) is 4.15. The van der Waals surface area contributed by atoms with E-state index in [1.807, 2.05) is 0 Å². The Morgan fingerprint density at radius 1 is 1.25 bits per heavy atom. The minimum absolute atomic E-state index is 0.258. The average molecular weight is 173 g/mol. The van der Waals surface area contributed by atoms with Crippen molar-refractivity contribution in [2.45, 2.75) is 38.5 Å². The van der Waals surface area contributed by atoms with Crippen molar-refractivity contribution in [2.75, 3.05) is 0 Å². The molecule has 0 saturated heterocycles. The highest BCUT2D eigenvalue weighted by Gasteiger charge is 1.95. The number of carbonyl (C=O) groups is 1. The molecule has 4 heteroatoms. The highest BCUT2D eigenvalue weighted by molar-refractivity contribution is 5.66. The van der Waals surface area contributed by atoms with E-state index in [0.29, 0.717) is 0 Å². The molecular formula is C8H15NO3. The van der Waals surface area contributed by atoms with Crippen LogP contribution in [0.3, 0.4) is 0 Å². The smallest absolute Gasteiger partial charge is 0.303 e. The Balaban J connectivity index is 2.96. The summed E-state index contributed by atoms with van der Waals surface area (Å²) in [5, 5.41) is 19.2. The average Bonchev–Trinajstić information content (AvgIpc) is 2.02. The van der Waals surface area contributed by atoms with E-state index in [0.717, 1.165) is 32.1 Å². The van der Waals surface area contributed by atoms with Gasteiger partial charge < -0.3 is 10.3 Å². The summed E-state index contributed by atoms with van der Waals surface area (Å²) in [5.41, 5.74) is 0. The molecule has 0 aliphatic rings. The second-order valence-electron chi connectivity index (χ2n) is 2.64. The van der Waals surface area contributed by atoms with Gasteiger partial charge in [0.05, 0.1) is 0 Å². The third-order valence-electron chi connectivity index (χ3n) is 1.56. The van der Waals surface area contributed by atoms with Gasteiger partial charge in [0.2, 0.25) is 0 Å². The van der Waals surface area contributed by atoms with E-state index < -0.39 is 5.97 Å². The molecule has 0 heterocycles. The summed E-state index contributed by atoms with van der Waals surface area (Å²) < 4.78 is 0. The lowest BCUT2D eigenvalue weighted by Crippen LogP contribution is -1.93. The van der Waals surface area contributed by atoms with Crippen molar-refractivity contribution in [1.29, 1.82) is 0 Å². The highest BCUT2D eigenvalue weighted by atomic mass is 16.4. The van der Waals surface area contributed by atoms with Crippen LogP contribution in [0.4, 0.5) is 0 Å². The summed E-state index contributed by atoms with van der Waals surface area (Å²) in [5.74, 6) is -0.730. The van der Waals surface area contributed by atoms with Gasteiger partial charge in [0.1, 0.15) is 0 Å². The van der Waals surface area contributed by atoms with Crippen LogP contribution >= 0.6 is 0 Å². The van der Waals surface area contributed by atoms with Crippen LogP contribution < -0.4 is 0 Å². The van der Waals surface area contributed by atoms with Crippen molar-refractivity contribution in [2.24, 2.45) is 5.16 Å². The predicted molar refractivity (Wildman–Crippen MR) is 45.6 cm³/mol. The number of rotatable bonds is 7. The number of carboxylic acid groups (broad SMARTS) is 1. The second-order valence-corrected chi connectivity index (χ2v) is 2.64. The van der Waals surface area contributed by atoms with Crippen molar-refractivity contribution in [1.82, 2.24) is 0 Å². The Morgan fingerprint density at radius 2 is 1.92 bits per heavy atom. The van der Waals surface area contributed by atoms with Crippen molar-refractivity contribution in [3.05, 3.63) is 0 Å². The lowest BCUT2D eigenvalue weighted by atomic mass is 10.1. The van der Waals surface area contributed by atoms with Gasteiger partial charge in [-0.15, -0.1) is 5.16 Å². The lowest BCUT2D eigenvalue weighted by Gasteiger charge is -1.95. The third kappa shape index (κ3) is 8.94. The largest absolute Gasteiger partial charge is 0.481 e. The van der Waals surface area contributed by atoms with Crippen LogP contribution in [-0.4, -0.2) is 22.5 Å². The number of unbranched alkanes of at least 4 members (excludes halogenated alkanes) is 4. The summed E-state index contributed by atoms with van der Waals surface area (Å²) >= 11 is 0. The molecular weight excluding hydrogens is 158 g/mol. The molecule has 0 aliphatic heterocycles. The van der Waals surface area contributed by atoms with Crippen LogP contribution in [0.5, 0.6) is 0 Å². The minimum atomic E-state index is -0.730. The van der Waals surface area contributed by atoms with E-state index >= 15 is 0 Å². The fraction of sp³-hybridized carbons (Fsp3) is 0.750. The normalized spacial score (nSPS) is 10.7. The molecule has 2 N–H and O–H groups in total. The van der Waals surface area contributed by atoms with Gasteiger partial charge >= 0.3 is 5.97 Å².